The number of aromatic amines is 1. The smallest absolute Gasteiger partial charge is 0.258 e. The SMILES string of the molecule is CCC(=O)N1N=C(c2c(-c3ccccc3)c3cc(Cl)ccc3[nH]c2=O)C[C@H]1c1ccc(F)cc1. The summed E-state index contributed by atoms with van der Waals surface area (Å²) >= 11 is 6.32. The fraction of sp³-hybridized carbons (Fsp3) is 0.148. The minimum atomic E-state index is -0.430. The molecule has 1 aromatic heterocycles. The van der Waals surface area contributed by atoms with Crippen LogP contribution < -0.4 is 5.56 Å². The van der Waals surface area contributed by atoms with Crippen LogP contribution in [0.15, 0.2) is 82.7 Å². The lowest BCUT2D eigenvalue weighted by molar-refractivity contribution is -0.132. The predicted octanol–water partition coefficient (Wildman–Crippen LogP) is 6.08. The highest BCUT2D eigenvalue weighted by molar-refractivity contribution is 6.31. The number of rotatable bonds is 4. The normalized spacial score (nSPS) is 15.6. The molecule has 170 valence electrons. The molecule has 1 amide bonds. The molecule has 1 atom stereocenters. The molecule has 0 saturated carbocycles. The molecular weight excluding hydrogens is 453 g/mol. The zero-order chi connectivity index (χ0) is 23.8. The van der Waals surface area contributed by atoms with Crippen LogP contribution in [0.3, 0.4) is 0 Å². The number of carbonyl (C=O) groups is 1. The highest BCUT2D eigenvalue weighted by atomic mass is 35.5. The van der Waals surface area contributed by atoms with E-state index in [2.05, 4.69) is 10.1 Å². The maximum Gasteiger partial charge on any atom is 0.258 e. The lowest BCUT2D eigenvalue weighted by atomic mass is 9.91. The number of benzene rings is 3. The van der Waals surface area contributed by atoms with Crippen molar-refractivity contribution in [2.24, 2.45) is 5.10 Å². The topological polar surface area (TPSA) is 65.5 Å². The Hall–Kier alpha value is -3.77. The minimum absolute atomic E-state index is 0.175. The first kappa shape index (κ1) is 22.0. The largest absolute Gasteiger partial charge is 0.321 e. The van der Waals surface area contributed by atoms with Crippen molar-refractivity contribution in [3.05, 3.63) is 105 Å². The van der Waals surface area contributed by atoms with E-state index in [-0.39, 0.29) is 23.7 Å². The molecule has 3 aromatic carbocycles. The summed E-state index contributed by atoms with van der Waals surface area (Å²) in [5.41, 5.74) is 3.57. The van der Waals surface area contributed by atoms with Crippen LogP contribution in [0.4, 0.5) is 4.39 Å². The van der Waals surface area contributed by atoms with Crippen molar-refractivity contribution in [1.82, 2.24) is 9.99 Å². The van der Waals surface area contributed by atoms with Crippen molar-refractivity contribution in [2.45, 2.75) is 25.8 Å². The fourth-order valence-electron chi connectivity index (χ4n) is 4.44. The number of hydrogen-bond donors (Lipinski definition) is 1. The number of amides is 1. The number of hydrogen-bond acceptors (Lipinski definition) is 3. The Kier molecular flexibility index (Phi) is 5.75. The maximum atomic E-state index is 13.5. The van der Waals surface area contributed by atoms with Crippen LogP contribution in [-0.4, -0.2) is 21.6 Å². The number of hydrazone groups is 1. The van der Waals surface area contributed by atoms with Gasteiger partial charge in [0.2, 0.25) is 5.91 Å². The van der Waals surface area contributed by atoms with Crippen LogP contribution in [0.1, 0.15) is 36.9 Å². The van der Waals surface area contributed by atoms with Crippen LogP contribution in [0.5, 0.6) is 0 Å². The van der Waals surface area contributed by atoms with E-state index in [1.807, 2.05) is 36.4 Å². The van der Waals surface area contributed by atoms with Crippen molar-refractivity contribution >= 4 is 34.1 Å². The molecule has 34 heavy (non-hydrogen) atoms. The average molecular weight is 474 g/mol. The molecule has 0 fully saturated rings. The molecule has 0 aliphatic carbocycles. The van der Waals surface area contributed by atoms with Gasteiger partial charge in [-0.2, -0.15) is 5.10 Å². The summed E-state index contributed by atoms with van der Waals surface area (Å²) in [6.45, 7) is 1.76. The van der Waals surface area contributed by atoms with Crippen molar-refractivity contribution in [3.63, 3.8) is 0 Å². The van der Waals surface area contributed by atoms with Gasteiger partial charge in [0.15, 0.2) is 0 Å². The van der Waals surface area contributed by atoms with Crippen LogP contribution in [0, 0.1) is 5.82 Å². The Morgan fingerprint density at radius 1 is 1.09 bits per heavy atom. The Labute approximate surface area is 200 Å². The Balaban J connectivity index is 1.74. The Morgan fingerprint density at radius 2 is 1.82 bits per heavy atom. The molecule has 1 aliphatic rings. The van der Waals surface area contributed by atoms with Gasteiger partial charge in [-0.05, 0) is 41.5 Å². The highest BCUT2D eigenvalue weighted by Crippen LogP contribution is 2.37. The third kappa shape index (κ3) is 3.90. The number of nitrogens with one attached hydrogen (secondary N) is 1. The second kappa shape index (κ2) is 8.88. The molecule has 7 heteroatoms. The number of carbonyl (C=O) groups excluding carboxylic acids is 1. The van der Waals surface area contributed by atoms with Crippen LogP contribution >= 0.6 is 11.6 Å². The number of pyridine rings is 1. The van der Waals surface area contributed by atoms with Gasteiger partial charge in [0.05, 0.1) is 17.3 Å². The zero-order valence-corrected chi connectivity index (χ0v) is 19.1. The van der Waals surface area contributed by atoms with Crippen molar-refractivity contribution in [3.8, 4) is 11.1 Å². The molecule has 1 aliphatic heterocycles. The second-order valence-electron chi connectivity index (χ2n) is 8.17. The number of H-pyrrole nitrogens is 1. The summed E-state index contributed by atoms with van der Waals surface area (Å²) in [6.07, 6.45) is 0.579. The Morgan fingerprint density at radius 3 is 2.53 bits per heavy atom. The van der Waals surface area contributed by atoms with Gasteiger partial charge in [-0.3, -0.25) is 9.59 Å². The molecule has 5 nitrogen and oxygen atoms in total. The first-order chi connectivity index (χ1) is 16.5. The number of halogens is 2. The monoisotopic (exact) mass is 473 g/mol. The summed E-state index contributed by atoms with van der Waals surface area (Å²) in [7, 11) is 0. The van der Waals surface area contributed by atoms with Crippen LogP contribution in [0.2, 0.25) is 5.02 Å². The first-order valence-electron chi connectivity index (χ1n) is 11.0. The number of fused-ring (bicyclic) bond motifs is 1. The van der Waals surface area contributed by atoms with Gasteiger partial charge in [0.25, 0.3) is 5.56 Å². The van der Waals surface area contributed by atoms with Gasteiger partial charge in [0, 0.05) is 34.3 Å². The molecule has 0 bridgehead atoms. The summed E-state index contributed by atoms with van der Waals surface area (Å²) < 4.78 is 13.5. The quantitative estimate of drug-likeness (QED) is 0.390. The van der Waals surface area contributed by atoms with E-state index in [9.17, 15) is 14.0 Å². The third-order valence-electron chi connectivity index (χ3n) is 6.05. The number of aromatic nitrogens is 1. The standard InChI is InChI=1S/C27H21ClFN3O2/c1-2-24(33)32-23(16-8-11-19(29)12-9-16)15-22(31-32)26-25(17-6-4-3-5-7-17)20-14-18(28)10-13-21(20)30-27(26)34/h3-14,23H,2,15H2,1H3,(H,30,34)/t23-/m0/s1. The average Bonchev–Trinajstić information content (AvgIpc) is 3.29. The van der Waals surface area contributed by atoms with Crippen molar-refractivity contribution in [2.75, 3.05) is 0 Å². The van der Waals surface area contributed by atoms with Crippen molar-refractivity contribution < 1.29 is 9.18 Å². The van der Waals surface area contributed by atoms with Gasteiger partial charge in [0.1, 0.15) is 5.82 Å². The lowest BCUT2D eigenvalue weighted by Gasteiger charge is -2.21. The molecule has 0 radical (unpaired) electrons. The summed E-state index contributed by atoms with van der Waals surface area (Å²) in [4.78, 5) is 29.1. The summed E-state index contributed by atoms with van der Waals surface area (Å²) in [5, 5.41) is 7.39. The fourth-order valence-corrected chi connectivity index (χ4v) is 4.62. The van der Waals surface area contributed by atoms with Crippen LogP contribution in [0.25, 0.3) is 22.0 Å². The van der Waals surface area contributed by atoms with Gasteiger partial charge < -0.3 is 4.98 Å². The van der Waals surface area contributed by atoms with Crippen molar-refractivity contribution in [1.29, 1.82) is 0 Å². The molecule has 1 N–H and O–H groups in total. The van der Waals surface area contributed by atoms with E-state index in [1.54, 1.807) is 31.2 Å². The van der Waals surface area contributed by atoms with E-state index in [0.29, 0.717) is 33.8 Å². The van der Waals surface area contributed by atoms with E-state index in [1.165, 1.54) is 17.1 Å². The number of nitrogens with zero attached hydrogens (tertiary/aromatic N) is 2. The first-order valence-corrected chi connectivity index (χ1v) is 11.4. The molecule has 0 saturated heterocycles. The van der Waals surface area contributed by atoms with E-state index < -0.39 is 6.04 Å². The summed E-state index contributed by atoms with van der Waals surface area (Å²) in [6, 6.07) is 20.5. The minimum Gasteiger partial charge on any atom is -0.321 e. The molecule has 2 heterocycles. The molecule has 5 rings (SSSR count). The van der Waals surface area contributed by atoms with E-state index >= 15 is 0 Å². The molecule has 4 aromatic rings. The Bertz CT molecular complexity index is 1480. The molecular formula is C27H21ClFN3O2. The molecule has 0 unspecified atom stereocenters. The van der Waals surface area contributed by atoms with Gasteiger partial charge in [-0.1, -0.05) is 61.0 Å². The summed E-state index contributed by atoms with van der Waals surface area (Å²) in [5.74, 6) is -0.531. The van der Waals surface area contributed by atoms with Gasteiger partial charge in [-0.15, -0.1) is 0 Å². The third-order valence-corrected chi connectivity index (χ3v) is 6.29. The predicted molar refractivity (Wildman–Crippen MR) is 132 cm³/mol. The highest BCUT2D eigenvalue weighted by Gasteiger charge is 2.34. The van der Waals surface area contributed by atoms with Crippen LogP contribution in [-0.2, 0) is 4.79 Å². The zero-order valence-electron chi connectivity index (χ0n) is 18.4. The van der Waals surface area contributed by atoms with E-state index in [0.717, 1.165) is 16.5 Å². The molecule has 0 spiro atoms. The second-order valence-corrected chi connectivity index (χ2v) is 8.61. The lowest BCUT2D eigenvalue weighted by Crippen LogP contribution is -2.26. The van der Waals surface area contributed by atoms with Gasteiger partial charge >= 0.3 is 0 Å². The maximum absolute atomic E-state index is 13.5. The van der Waals surface area contributed by atoms with Gasteiger partial charge in [-0.25, -0.2) is 9.40 Å². The van der Waals surface area contributed by atoms with E-state index in [4.69, 9.17) is 11.6 Å².